The lowest BCUT2D eigenvalue weighted by Gasteiger charge is -2.12. The van der Waals surface area contributed by atoms with Gasteiger partial charge in [-0.25, -0.2) is 13.1 Å². The summed E-state index contributed by atoms with van der Waals surface area (Å²) in [5, 5.41) is 2.95. The first-order valence-electron chi connectivity index (χ1n) is 6.36. The fourth-order valence-electron chi connectivity index (χ4n) is 1.56. The summed E-state index contributed by atoms with van der Waals surface area (Å²) in [4.78, 5) is 10.6. The quantitative estimate of drug-likeness (QED) is 0.357. The predicted molar refractivity (Wildman–Crippen MR) is 80.2 cm³/mol. The maximum atomic E-state index is 11.9. The molecule has 0 aliphatic heterocycles. The van der Waals surface area contributed by atoms with Crippen LogP contribution in [0.2, 0.25) is 0 Å². The number of carbonyl (C=O) groups is 1. The van der Waals surface area contributed by atoms with Crippen LogP contribution in [0.3, 0.4) is 0 Å². The molecule has 0 unspecified atom stereocenters. The molecular formula is C12H20N4O4S. The summed E-state index contributed by atoms with van der Waals surface area (Å²) in [7, 11) is -3.53. The molecule has 118 valence electrons. The number of nitrogens with one attached hydrogen (secondary N) is 2. The van der Waals surface area contributed by atoms with Gasteiger partial charge in [0.15, 0.2) is 0 Å². The molecule has 1 rings (SSSR count). The lowest BCUT2D eigenvalue weighted by molar-refractivity contribution is -0.122. The summed E-state index contributed by atoms with van der Waals surface area (Å²) in [6.45, 7) is 2.45. The second-order valence-corrected chi connectivity index (χ2v) is 5.96. The third-order valence-corrected chi connectivity index (χ3v) is 4.02. The van der Waals surface area contributed by atoms with Crippen LogP contribution in [0, 0.1) is 0 Å². The lowest BCUT2D eigenvalue weighted by Crippen LogP contribution is -2.23. The van der Waals surface area contributed by atoms with Gasteiger partial charge < -0.3 is 21.5 Å². The van der Waals surface area contributed by atoms with Crippen molar-refractivity contribution in [1.82, 2.24) is 4.72 Å². The Morgan fingerprint density at radius 3 is 2.71 bits per heavy atom. The van der Waals surface area contributed by atoms with Gasteiger partial charge in [-0.05, 0) is 18.2 Å². The standard InChI is InChI=1S/C12H20N4O4S/c1-2-16-21(18,19)9-3-4-10(13)11(7-9)15-5-6-20-8-12(14)17/h3-4,7,15-16H,2,5-6,8,13H2,1H3,(H2,14,17). The van der Waals surface area contributed by atoms with Crippen LogP contribution in [0.25, 0.3) is 0 Å². The van der Waals surface area contributed by atoms with Crippen LogP contribution < -0.4 is 21.5 Å². The van der Waals surface area contributed by atoms with Gasteiger partial charge in [-0.1, -0.05) is 6.92 Å². The highest BCUT2D eigenvalue weighted by Crippen LogP contribution is 2.22. The molecule has 0 saturated heterocycles. The average molecular weight is 316 g/mol. The SMILES string of the molecule is CCNS(=O)(=O)c1ccc(N)c(NCCOCC(N)=O)c1. The van der Waals surface area contributed by atoms with Crippen molar-refractivity contribution >= 4 is 27.3 Å². The van der Waals surface area contributed by atoms with Crippen molar-refractivity contribution in [3.63, 3.8) is 0 Å². The molecule has 1 aromatic rings. The van der Waals surface area contributed by atoms with E-state index in [4.69, 9.17) is 16.2 Å². The summed E-state index contributed by atoms with van der Waals surface area (Å²) >= 11 is 0. The number of nitrogens with two attached hydrogens (primary N) is 2. The number of carbonyl (C=O) groups excluding carboxylic acids is 1. The largest absolute Gasteiger partial charge is 0.397 e. The van der Waals surface area contributed by atoms with Crippen LogP contribution >= 0.6 is 0 Å². The van der Waals surface area contributed by atoms with Crippen LogP contribution in [0.5, 0.6) is 0 Å². The van der Waals surface area contributed by atoms with E-state index in [0.29, 0.717) is 24.5 Å². The molecule has 9 heteroatoms. The molecule has 0 heterocycles. The van der Waals surface area contributed by atoms with E-state index in [1.807, 2.05) is 0 Å². The van der Waals surface area contributed by atoms with Gasteiger partial charge in [-0.3, -0.25) is 4.79 Å². The van der Waals surface area contributed by atoms with Gasteiger partial charge in [-0.15, -0.1) is 0 Å². The van der Waals surface area contributed by atoms with Crippen LogP contribution in [0.15, 0.2) is 23.1 Å². The van der Waals surface area contributed by atoms with E-state index in [-0.39, 0.29) is 18.1 Å². The van der Waals surface area contributed by atoms with Crippen molar-refractivity contribution < 1.29 is 17.9 Å². The molecule has 0 aliphatic carbocycles. The third-order valence-electron chi connectivity index (χ3n) is 2.48. The first-order chi connectivity index (χ1) is 9.86. The summed E-state index contributed by atoms with van der Waals surface area (Å²) in [6, 6.07) is 4.39. The molecule has 0 aliphatic rings. The monoisotopic (exact) mass is 316 g/mol. The fraction of sp³-hybridized carbons (Fsp3) is 0.417. The molecule has 0 bridgehead atoms. The number of rotatable bonds is 9. The van der Waals surface area contributed by atoms with Crippen molar-refractivity contribution in [2.45, 2.75) is 11.8 Å². The summed E-state index contributed by atoms with van der Waals surface area (Å²) in [6.07, 6.45) is 0. The smallest absolute Gasteiger partial charge is 0.243 e. The minimum Gasteiger partial charge on any atom is -0.397 e. The van der Waals surface area contributed by atoms with Crippen LogP contribution in [0.4, 0.5) is 11.4 Å². The van der Waals surface area contributed by atoms with Gasteiger partial charge in [-0.2, -0.15) is 0 Å². The molecular weight excluding hydrogens is 296 g/mol. The van der Waals surface area contributed by atoms with Crippen molar-refractivity contribution in [2.75, 3.05) is 37.4 Å². The number of hydrogen-bond acceptors (Lipinski definition) is 6. The Balaban J connectivity index is 2.68. The van der Waals surface area contributed by atoms with Crippen molar-refractivity contribution in [3.8, 4) is 0 Å². The zero-order chi connectivity index (χ0) is 15.9. The Morgan fingerprint density at radius 1 is 1.38 bits per heavy atom. The van der Waals surface area contributed by atoms with Gasteiger partial charge in [0.2, 0.25) is 15.9 Å². The third kappa shape index (κ3) is 5.58. The van der Waals surface area contributed by atoms with E-state index in [1.54, 1.807) is 6.92 Å². The minimum atomic E-state index is -3.53. The Bertz CT molecular complexity index is 589. The van der Waals surface area contributed by atoms with E-state index in [2.05, 4.69) is 10.0 Å². The highest BCUT2D eigenvalue weighted by atomic mass is 32.2. The number of anilines is 2. The number of benzene rings is 1. The molecule has 0 fully saturated rings. The predicted octanol–water partition coefficient (Wildman–Crippen LogP) is -0.519. The van der Waals surface area contributed by atoms with E-state index >= 15 is 0 Å². The summed E-state index contributed by atoms with van der Waals surface area (Å²) in [5.74, 6) is -0.548. The number of primary amides is 1. The van der Waals surface area contributed by atoms with E-state index in [0.717, 1.165) is 0 Å². The molecule has 1 amide bonds. The van der Waals surface area contributed by atoms with Crippen molar-refractivity contribution in [3.05, 3.63) is 18.2 Å². The number of amides is 1. The van der Waals surface area contributed by atoms with Crippen LogP contribution in [0.1, 0.15) is 6.92 Å². The number of hydrogen-bond donors (Lipinski definition) is 4. The van der Waals surface area contributed by atoms with Gasteiger partial charge >= 0.3 is 0 Å². The second kappa shape index (κ2) is 7.81. The van der Waals surface area contributed by atoms with Crippen LogP contribution in [-0.4, -0.2) is 40.6 Å². The van der Waals surface area contributed by atoms with Crippen LogP contribution in [-0.2, 0) is 19.6 Å². The maximum absolute atomic E-state index is 11.9. The van der Waals surface area contributed by atoms with E-state index in [9.17, 15) is 13.2 Å². The summed E-state index contributed by atoms with van der Waals surface area (Å²) < 4.78 is 31.2. The van der Waals surface area contributed by atoms with Crippen molar-refractivity contribution in [2.24, 2.45) is 5.73 Å². The first-order valence-corrected chi connectivity index (χ1v) is 7.84. The minimum absolute atomic E-state index is 0.124. The van der Waals surface area contributed by atoms with Gasteiger partial charge in [0.1, 0.15) is 6.61 Å². The fourth-order valence-corrected chi connectivity index (χ4v) is 2.63. The first kappa shape index (κ1) is 17.2. The lowest BCUT2D eigenvalue weighted by atomic mass is 10.2. The molecule has 1 aromatic carbocycles. The maximum Gasteiger partial charge on any atom is 0.243 e. The Hall–Kier alpha value is -1.84. The molecule has 0 radical (unpaired) electrons. The summed E-state index contributed by atoms with van der Waals surface area (Å²) in [5.41, 5.74) is 11.6. The van der Waals surface area contributed by atoms with E-state index in [1.165, 1.54) is 18.2 Å². The molecule has 0 atom stereocenters. The second-order valence-electron chi connectivity index (χ2n) is 4.20. The molecule has 0 saturated carbocycles. The van der Waals surface area contributed by atoms with E-state index < -0.39 is 15.9 Å². The van der Waals surface area contributed by atoms with Gasteiger partial charge in [0.25, 0.3) is 0 Å². The Morgan fingerprint density at radius 2 is 2.10 bits per heavy atom. The van der Waals surface area contributed by atoms with Gasteiger partial charge in [0.05, 0.1) is 22.9 Å². The van der Waals surface area contributed by atoms with Gasteiger partial charge in [0, 0.05) is 13.1 Å². The highest BCUT2D eigenvalue weighted by Gasteiger charge is 2.14. The number of sulfonamides is 1. The molecule has 8 nitrogen and oxygen atoms in total. The number of nitrogen functional groups attached to an aromatic ring is 1. The topological polar surface area (TPSA) is 137 Å². The molecule has 0 aromatic heterocycles. The zero-order valence-corrected chi connectivity index (χ0v) is 12.6. The average Bonchev–Trinajstić information content (AvgIpc) is 2.39. The normalized spacial score (nSPS) is 11.3. The zero-order valence-electron chi connectivity index (χ0n) is 11.8. The highest BCUT2D eigenvalue weighted by molar-refractivity contribution is 7.89. The Labute approximate surface area is 123 Å². The molecule has 6 N–H and O–H groups in total. The van der Waals surface area contributed by atoms with Crippen molar-refractivity contribution in [1.29, 1.82) is 0 Å². The Kier molecular flexibility index (Phi) is 6.40. The molecule has 21 heavy (non-hydrogen) atoms. The molecule has 0 spiro atoms. The number of ether oxygens (including phenoxy) is 1.